The normalized spacial score (nSPS) is 33.2. The molecule has 0 aromatic heterocycles. The van der Waals surface area contributed by atoms with Crippen molar-refractivity contribution < 1.29 is 24.2 Å². The summed E-state index contributed by atoms with van der Waals surface area (Å²) in [4.78, 5) is 42.2. The molecule has 3 saturated heterocycles. The van der Waals surface area contributed by atoms with Gasteiger partial charge in [-0.2, -0.15) is 0 Å². The Morgan fingerprint density at radius 1 is 1.24 bits per heavy atom. The molecule has 0 radical (unpaired) electrons. The Morgan fingerprint density at radius 2 is 1.97 bits per heavy atom. The monoisotopic (exact) mass is 457 g/mol. The number of benzene rings is 1. The molecule has 2 bridgehead atoms. The summed E-state index contributed by atoms with van der Waals surface area (Å²) in [5.74, 6) is -2.15. The van der Waals surface area contributed by atoms with E-state index in [0.717, 1.165) is 12.8 Å². The van der Waals surface area contributed by atoms with Crippen molar-refractivity contribution in [2.24, 2.45) is 11.8 Å². The first kappa shape index (κ1) is 23.7. The molecular weight excluding hydrogens is 422 g/mol. The van der Waals surface area contributed by atoms with Gasteiger partial charge in [-0.1, -0.05) is 31.5 Å². The van der Waals surface area contributed by atoms with Crippen LogP contribution in [0.1, 0.15) is 52.9 Å². The van der Waals surface area contributed by atoms with Gasteiger partial charge in [-0.15, -0.1) is 0 Å². The molecular formula is C25H35N3O5. The topological polar surface area (TPSA) is 108 Å². The fourth-order valence-corrected chi connectivity index (χ4v) is 6.18. The number of anilines is 1. The largest absolute Gasteiger partial charge is 0.396 e. The number of nitrogens with one attached hydrogen (secondary N) is 2. The summed E-state index contributed by atoms with van der Waals surface area (Å²) in [7, 11) is 0. The number of aliphatic hydroxyl groups excluding tert-OH is 1. The second-order valence-corrected chi connectivity index (χ2v) is 9.89. The second kappa shape index (κ2) is 9.06. The quantitative estimate of drug-likeness (QED) is 0.526. The molecule has 180 valence electrons. The highest BCUT2D eigenvalue weighted by atomic mass is 16.5. The summed E-state index contributed by atoms with van der Waals surface area (Å²) >= 11 is 0. The van der Waals surface area contributed by atoms with Gasteiger partial charge < -0.3 is 25.4 Å². The van der Waals surface area contributed by atoms with Crippen LogP contribution in [-0.4, -0.2) is 64.2 Å². The minimum absolute atomic E-state index is 0.0286. The Bertz CT molecular complexity index is 909. The van der Waals surface area contributed by atoms with Crippen molar-refractivity contribution >= 4 is 23.4 Å². The molecule has 8 nitrogen and oxygen atoms in total. The number of carbonyl (C=O) groups excluding carboxylic acids is 3. The van der Waals surface area contributed by atoms with E-state index in [4.69, 9.17) is 4.74 Å². The standard InChI is InChI=1S/C25H35N3O5/c1-4-9-16(2)26-22(31)20-25-13-12-24(3,33-25)18(19(25)23(32)28(20)14-8-15-29)21(30)27-17-10-6-5-7-11-17/h5-7,10-11,16,18-20,29H,4,8-9,12-15H2,1-3H3,(H,26,31)(H,27,30)/t16?,18-,19-,20?,24+,25?/m0/s1. The fourth-order valence-electron chi connectivity index (χ4n) is 6.18. The maximum Gasteiger partial charge on any atom is 0.246 e. The molecule has 8 heteroatoms. The van der Waals surface area contributed by atoms with Crippen molar-refractivity contribution in [3.05, 3.63) is 30.3 Å². The van der Waals surface area contributed by atoms with Crippen molar-refractivity contribution in [2.45, 2.75) is 76.2 Å². The van der Waals surface area contributed by atoms with Crippen LogP contribution in [0.3, 0.4) is 0 Å². The number of amides is 3. The van der Waals surface area contributed by atoms with Gasteiger partial charge in [0.25, 0.3) is 0 Å². The van der Waals surface area contributed by atoms with Crippen LogP contribution in [0.5, 0.6) is 0 Å². The summed E-state index contributed by atoms with van der Waals surface area (Å²) in [5.41, 5.74) is -1.18. The molecule has 1 aromatic carbocycles. The van der Waals surface area contributed by atoms with Crippen LogP contribution in [0, 0.1) is 11.8 Å². The van der Waals surface area contributed by atoms with Crippen molar-refractivity contribution in [1.82, 2.24) is 10.2 Å². The van der Waals surface area contributed by atoms with Crippen LogP contribution >= 0.6 is 0 Å². The average molecular weight is 458 g/mol. The molecule has 3 fully saturated rings. The zero-order valence-corrected chi connectivity index (χ0v) is 19.7. The molecule has 3 N–H and O–H groups in total. The van der Waals surface area contributed by atoms with E-state index in [1.807, 2.05) is 32.0 Å². The Balaban J connectivity index is 1.67. The highest BCUT2D eigenvalue weighted by Crippen LogP contribution is 2.63. The second-order valence-electron chi connectivity index (χ2n) is 9.89. The number of aliphatic hydroxyl groups is 1. The zero-order valence-electron chi connectivity index (χ0n) is 19.7. The fraction of sp³-hybridized carbons (Fsp3) is 0.640. The van der Waals surface area contributed by atoms with Crippen LogP contribution in [0.25, 0.3) is 0 Å². The highest BCUT2D eigenvalue weighted by Gasteiger charge is 2.77. The smallest absolute Gasteiger partial charge is 0.246 e. The molecule has 4 rings (SSSR count). The number of hydrogen-bond acceptors (Lipinski definition) is 5. The molecule has 3 aliphatic rings. The van der Waals surface area contributed by atoms with Crippen LogP contribution in [0.4, 0.5) is 5.69 Å². The lowest BCUT2D eigenvalue weighted by atomic mass is 9.66. The third-order valence-corrected chi connectivity index (χ3v) is 7.52. The Hall–Kier alpha value is -2.45. The third kappa shape index (κ3) is 3.93. The lowest BCUT2D eigenvalue weighted by Crippen LogP contribution is -2.56. The van der Waals surface area contributed by atoms with Crippen LogP contribution in [0.15, 0.2) is 30.3 Å². The molecule has 3 aliphatic heterocycles. The van der Waals surface area contributed by atoms with Gasteiger partial charge in [0.1, 0.15) is 11.6 Å². The number of nitrogens with zero attached hydrogens (tertiary/aromatic N) is 1. The van der Waals surface area contributed by atoms with Gasteiger partial charge in [0.05, 0.1) is 17.4 Å². The van der Waals surface area contributed by atoms with Gasteiger partial charge >= 0.3 is 0 Å². The van der Waals surface area contributed by atoms with E-state index in [1.54, 1.807) is 17.0 Å². The van der Waals surface area contributed by atoms with E-state index in [9.17, 15) is 19.5 Å². The lowest BCUT2D eigenvalue weighted by Gasteiger charge is -2.34. The van der Waals surface area contributed by atoms with Crippen LogP contribution in [0.2, 0.25) is 0 Å². The minimum Gasteiger partial charge on any atom is -0.396 e. The summed E-state index contributed by atoms with van der Waals surface area (Å²) in [6.45, 7) is 6.06. The van der Waals surface area contributed by atoms with Gasteiger partial charge in [-0.25, -0.2) is 0 Å². The predicted octanol–water partition coefficient (Wildman–Crippen LogP) is 2.08. The number of rotatable bonds is 9. The third-order valence-electron chi connectivity index (χ3n) is 7.52. The summed E-state index contributed by atoms with van der Waals surface area (Å²) in [5, 5.41) is 15.4. The average Bonchev–Trinajstić information content (AvgIpc) is 3.33. The van der Waals surface area contributed by atoms with Gasteiger partial charge in [0, 0.05) is 24.9 Å². The number of carbonyl (C=O) groups is 3. The number of ether oxygens (including phenoxy) is 1. The molecule has 0 aliphatic carbocycles. The number of likely N-dealkylation sites (tertiary alicyclic amines) is 1. The summed E-state index contributed by atoms with van der Waals surface area (Å²) < 4.78 is 6.55. The molecule has 0 saturated carbocycles. The van der Waals surface area contributed by atoms with Crippen LogP contribution in [-0.2, 0) is 19.1 Å². The van der Waals surface area contributed by atoms with E-state index in [0.29, 0.717) is 24.9 Å². The maximum absolute atomic E-state index is 13.7. The van der Waals surface area contributed by atoms with Gasteiger partial charge in [0.2, 0.25) is 17.7 Å². The van der Waals surface area contributed by atoms with Crippen molar-refractivity contribution in [2.75, 3.05) is 18.5 Å². The molecule has 33 heavy (non-hydrogen) atoms. The first-order valence-corrected chi connectivity index (χ1v) is 12.0. The Kier molecular flexibility index (Phi) is 6.51. The molecule has 1 aromatic rings. The van der Waals surface area contributed by atoms with E-state index >= 15 is 0 Å². The zero-order chi connectivity index (χ0) is 23.8. The van der Waals surface area contributed by atoms with Gasteiger partial charge in [-0.3, -0.25) is 14.4 Å². The van der Waals surface area contributed by atoms with E-state index in [1.165, 1.54) is 0 Å². The molecule has 3 heterocycles. The first-order chi connectivity index (χ1) is 15.8. The predicted molar refractivity (Wildman–Crippen MR) is 123 cm³/mol. The molecule has 1 spiro atoms. The minimum atomic E-state index is -1.03. The number of hydrogen-bond donors (Lipinski definition) is 3. The van der Waals surface area contributed by atoms with Crippen LogP contribution < -0.4 is 10.6 Å². The van der Waals surface area contributed by atoms with Crippen molar-refractivity contribution in [3.63, 3.8) is 0 Å². The number of para-hydroxylation sites is 1. The Labute approximate surface area is 195 Å². The van der Waals surface area contributed by atoms with Gasteiger partial charge in [0.15, 0.2) is 0 Å². The van der Waals surface area contributed by atoms with Crippen molar-refractivity contribution in [3.8, 4) is 0 Å². The first-order valence-electron chi connectivity index (χ1n) is 12.0. The highest BCUT2D eigenvalue weighted by molar-refractivity contribution is 6.02. The van der Waals surface area contributed by atoms with Gasteiger partial charge in [-0.05, 0) is 51.7 Å². The lowest BCUT2D eigenvalue weighted by molar-refractivity contribution is -0.145. The number of fused-ring (bicyclic) bond motifs is 1. The van der Waals surface area contributed by atoms with E-state index in [2.05, 4.69) is 17.6 Å². The Morgan fingerprint density at radius 3 is 2.64 bits per heavy atom. The molecule has 3 unspecified atom stereocenters. The molecule has 3 amide bonds. The SMILES string of the molecule is CCCC(C)NC(=O)C1N(CCCO)C(=O)[C@@H]2[C@@H](C(=O)Nc3ccccc3)[C@@]3(C)CCC12O3. The molecule has 6 atom stereocenters. The summed E-state index contributed by atoms with van der Waals surface area (Å²) in [6.07, 6.45) is 3.28. The van der Waals surface area contributed by atoms with E-state index in [-0.39, 0.29) is 36.9 Å². The van der Waals surface area contributed by atoms with E-state index < -0.39 is 29.1 Å². The maximum atomic E-state index is 13.7. The summed E-state index contributed by atoms with van der Waals surface area (Å²) in [6, 6.07) is 8.32. The van der Waals surface area contributed by atoms with Crippen molar-refractivity contribution in [1.29, 1.82) is 0 Å².